The largest absolute Gasteiger partial charge is 0.490 e. The number of carbonyl (C=O) groups excluding carboxylic acids is 1. The van der Waals surface area contributed by atoms with E-state index in [2.05, 4.69) is 16.3 Å². The first kappa shape index (κ1) is 22.2. The second-order valence-electron chi connectivity index (χ2n) is 7.90. The lowest BCUT2D eigenvalue weighted by atomic mass is 9.96. The van der Waals surface area contributed by atoms with Crippen molar-refractivity contribution >= 4 is 5.91 Å². The normalized spacial score (nSPS) is 15.2. The zero-order chi connectivity index (χ0) is 21.5. The Kier molecular flexibility index (Phi) is 7.80. The van der Waals surface area contributed by atoms with Crippen LogP contribution < -0.4 is 14.8 Å². The fraction of sp³-hybridized carbons (Fsp3) is 0.542. The summed E-state index contributed by atoms with van der Waals surface area (Å²) in [6, 6.07) is 7.50. The van der Waals surface area contributed by atoms with Gasteiger partial charge in [0.2, 0.25) is 0 Å². The van der Waals surface area contributed by atoms with Gasteiger partial charge in [-0.1, -0.05) is 0 Å². The molecule has 2 heterocycles. The molecule has 6 nitrogen and oxygen atoms in total. The minimum atomic E-state index is -0.0640. The molecule has 1 aliphatic heterocycles. The molecule has 6 heteroatoms. The van der Waals surface area contributed by atoms with E-state index in [1.54, 1.807) is 12.1 Å². The molecule has 0 unspecified atom stereocenters. The maximum Gasteiger partial charge on any atom is 0.251 e. The number of ether oxygens (including phenoxy) is 2. The third kappa shape index (κ3) is 5.79. The average Bonchev–Trinajstić information content (AvgIpc) is 3.05. The molecule has 0 radical (unpaired) electrons. The van der Waals surface area contributed by atoms with Crippen LogP contribution in [0.1, 0.15) is 54.1 Å². The highest BCUT2D eigenvalue weighted by Crippen LogP contribution is 2.28. The van der Waals surface area contributed by atoms with Gasteiger partial charge in [-0.15, -0.1) is 0 Å². The van der Waals surface area contributed by atoms with Gasteiger partial charge in [0, 0.05) is 24.2 Å². The van der Waals surface area contributed by atoms with Crippen LogP contribution in [-0.2, 0) is 6.54 Å². The van der Waals surface area contributed by atoms with Crippen LogP contribution in [0.4, 0.5) is 0 Å². The lowest BCUT2D eigenvalue weighted by Crippen LogP contribution is -2.38. The van der Waals surface area contributed by atoms with Crippen LogP contribution in [-0.4, -0.2) is 43.7 Å². The molecule has 1 N–H and O–H groups in total. The average molecular weight is 415 g/mol. The van der Waals surface area contributed by atoms with Gasteiger partial charge in [0.1, 0.15) is 11.5 Å². The second kappa shape index (κ2) is 10.5. The molecule has 2 aromatic rings. The highest BCUT2D eigenvalue weighted by molar-refractivity contribution is 5.94. The smallest absolute Gasteiger partial charge is 0.251 e. The van der Waals surface area contributed by atoms with E-state index in [1.807, 2.05) is 33.8 Å². The Morgan fingerprint density at radius 3 is 2.43 bits per heavy atom. The second-order valence-corrected chi connectivity index (χ2v) is 7.90. The van der Waals surface area contributed by atoms with Crippen molar-refractivity contribution in [2.24, 2.45) is 5.92 Å². The standard InChI is InChI=1S/C24H34N2O4/c1-5-28-22-8-7-20(14-23(22)29-6-2)24(27)25-15-19-9-11-26(12-10-19)16-21-13-17(3)30-18(21)4/h7-8,13-14,19H,5-6,9-12,15-16H2,1-4H3,(H,25,27). The Hall–Kier alpha value is -2.47. The van der Waals surface area contributed by atoms with Crippen molar-refractivity contribution in [3.63, 3.8) is 0 Å². The Labute approximate surface area is 179 Å². The highest BCUT2D eigenvalue weighted by atomic mass is 16.5. The number of hydrogen-bond donors (Lipinski definition) is 1. The van der Waals surface area contributed by atoms with E-state index in [9.17, 15) is 4.79 Å². The molecule has 1 aromatic heterocycles. The number of amides is 1. The summed E-state index contributed by atoms with van der Waals surface area (Å²) in [5, 5.41) is 3.10. The monoisotopic (exact) mass is 414 g/mol. The molecule has 0 saturated carbocycles. The molecule has 3 rings (SSSR count). The fourth-order valence-corrected chi connectivity index (χ4v) is 3.96. The minimum Gasteiger partial charge on any atom is -0.490 e. The Balaban J connectivity index is 1.47. The molecule has 0 spiro atoms. The zero-order valence-corrected chi connectivity index (χ0v) is 18.6. The molecule has 164 valence electrons. The molecule has 1 aliphatic rings. The first-order valence-electron chi connectivity index (χ1n) is 11.0. The lowest BCUT2D eigenvalue weighted by molar-refractivity contribution is 0.0934. The molecule has 1 amide bonds. The number of piperidine rings is 1. The Bertz CT molecular complexity index is 838. The van der Waals surface area contributed by atoms with E-state index in [0.717, 1.165) is 44.0 Å². The summed E-state index contributed by atoms with van der Waals surface area (Å²) in [7, 11) is 0. The molecule has 0 aliphatic carbocycles. The molecular formula is C24H34N2O4. The molecule has 1 fully saturated rings. The van der Waals surface area contributed by atoms with E-state index in [1.165, 1.54) is 5.56 Å². The van der Waals surface area contributed by atoms with Crippen molar-refractivity contribution in [3.8, 4) is 11.5 Å². The molecule has 0 bridgehead atoms. The van der Waals surface area contributed by atoms with Crippen molar-refractivity contribution in [3.05, 3.63) is 46.9 Å². The van der Waals surface area contributed by atoms with Crippen LogP contribution in [0.3, 0.4) is 0 Å². The fourth-order valence-electron chi connectivity index (χ4n) is 3.96. The third-order valence-electron chi connectivity index (χ3n) is 5.60. The van der Waals surface area contributed by atoms with Crippen LogP contribution >= 0.6 is 0 Å². The predicted molar refractivity (Wildman–Crippen MR) is 117 cm³/mol. The van der Waals surface area contributed by atoms with Crippen molar-refractivity contribution in [2.45, 2.75) is 47.1 Å². The van der Waals surface area contributed by atoms with Crippen molar-refractivity contribution in [1.29, 1.82) is 0 Å². The maximum absolute atomic E-state index is 12.6. The SMILES string of the molecule is CCOc1ccc(C(=O)NCC2CCN(Cc3cc(C)oc3C)CC2)cc1OCC. The summed E-state index contributed by atoms with van der Waals surface area (Å²) in [5.74, 6) is 3.72. The van der Waals surface area contributed by atoms with E-state index in [-0.39, 0.29) is 5.91 Å². The van der Waals surface area contributed by atoms with E-state index in [4.69, 9.17) is 13.9 Å². The van der Waals surface area contributed by atoms with Gasteiger partial charge in [-0.2, -0.15) is 0 Å². The van der Waals surface area contributed by atoms with Gasteiger partial charge >= 0.3 is 0 Å². The summed E-state index contributed by atoms with van der Waals surface area (Å²) in [4.78, 5) is 15.1. The summed E-state index contributed by atoms with van der Waals surface area (Å²) in [5.41, 5.74) is 1.88. The third-order valence-corrected chi connectivity index (χ3v) is 5.60. The highest BCUT2D eigenvalue weighted by Gasteiger charge is 2.21. The number of nitrogens with one attached hydrogen (secondary N) is 1. The van der Waals surface area contributed by atoms with Gasteiger partial charge in [0.15, 0.2) is 11.5 Å². The number of benzene rings is 1. The number of nitrogens with zero attached hydrogens (tertiary/aromatic N) is 1. The first-order chi connectivity index (χ1) is 14.5. The lowest BCUT2D eigenvalue weighted by Gasteiger charge is -2.31. The van der Waals surface area contributed by atoms with E-state index >= 15 is 0 Å². The predicted octanol–water partition coefficient (Wildman–Crippen LogP) is 4.34. The van der Waals surface area contributed by atoms with E-state index in [0.29, 0.717) is 42.7 Å². The van der Waals surface area contributed by atoms with Crippen LogP contribution in [0, 0.1) is 19.8 Å². The number of likely N-dealkylation sites (tertiary alicyclic amines) is 1. The molecular weight excluding hydrogens is 380 g/mol. The number of carbonyl (C=O) groups is 1. The Morgan fingerprint density at radius 2 is 1.80 bits per heavy atom. The number of furan rings is 1. The van der Waals surface area contributed by atoms with Crippen molar-refractivity contribution in [1.82, 2.24) is 10.2 Å². The van der Waals surface area contributed by atoms with Crippen LogP contribution in [0.2, 0.25) is 0 Å². The molecule has 1 aromatic carbocycles. The summed E-state index contributed by atoms with van der Waals surface area (Å²) >= 11 is 0. The first-order valence-corrected chi connectivity index (χ1v) is 11.0. The summed E-state index contributed by atoms with van der Waals surface area (Å²) < 4.78 is 16.8. The quantitative estimate of drug-likeness (QED) is 0.661. The summed E-state index contributed by atoms with van der Waals surface area (Å²) in [6.07, 6.45) is 2.17. The van der Waals surface area contributed by atoms with Crippen LogP contribution in [0.25, 0.3) is 0 Å². The van der Waals surface area contributed by atoms with Gasteiger partial charge in [-0.05, 0) is 83.8 Å². The number of hydrogen-bond acceptors (Lipinski definition) is 5. The zero-order valence-electron chi connectivity index (χ0n) is 18.6. The minimum absolute atomic E-state index is 0.0640. The van der Waals surface area contributed by atoms with Crippen LogP contribution in [0.15, 0.2) is 28.7 Å². The van der Waals surface area contributed by atoms with Gasteiger partial charge < -0.3 is 19.2 Å². The maximum atomic E-state index is 12.6. The van der Waals surface area contributed by atoms with E-state index < -0.39 is 0 Å². The van der Waals surface area contributed by atoms with Gasteiger partial charge in [-0.3, -0.25) is 9.69 Å². The van der Waals surface area contributed by atoms with Crippen molar-refractivity contribution in [2.75, 3.05) is 32.8 Å². The van der Waals surface area contributed by atoms with Gasteiger partial charge in [0.05, 0.1) is 13.2 Å². The molecule has 30 heavy (non-hydrogen) atoms. The topological polar surface area (TPSA) is 63.9 Å². The number of aryl methyl sites for hydroxylation is 2. The van der Waals surface area contributed by atoms with Crippen LogP contribution in [0.5, 0.6) is 11.5 Å². The molecule has 1 saturated heterocycles. The van der Waals surface area contributed by atoms with Gasteiger partial charge in [0.25, 0.3) is 5.91 Å². The summed E-state index contributed by atoms with van der Waals surface area (Å²) in [6.45, 7) is 12.7. The van der Waals surface area contributed by atoms with Gasteiger partial charge in [-0.25, -0.2) is 0 Å². The Morgan fingerprint density at radius 1 is 1.10 bits per heavy atom. The number of rotatable bonds is 9. The molecule has 0 atom stereocenters. The van der Waals surface area contributed by atoms with Crippen molar-refractivity contribution < 1.29 is 18.7 Å².